The van der Waals surface area contributed by atoms with Crippen LogP contribution in [0.1, 0.15) is 176 Å². The van der Waals surface area contributed by atoms with E-state index in [0.29, 0.717) is 119 Å². The summed E-state index contributed by atoms with van der Waals surface area (Å²) in [6.45, 7) is 16.9. The van der Waals surface area contributed by atoms with Crippen molar-refractivity contribution < 1.29 is 38.2 Å². The van der Waals surface area contributed by atoms with E-state index in [4.69, 9.17) is 49.5 Å². The third-order valence-electron chi connectivity index (χ3n) is 25.1. The number of nitrogens with zero attached hydrogens (tertiary/aromatic N) is 25. The smallest absolute Gasteiger partial charge is 0.265 e. The molecule has 0 radical (unpaired) electrons. The van der Waals surface area contributed by atoms with Gasteiger partial charge in [-0.25, -0.2) is 19.8 Å². The molecule has 2 saturated heterocycles. The fourth-order valence-electron chi connectivity index (χ4n) is 17.2. The number of aromatic amines is 1. The highest BCUT2D eigenvalue weighted by molar-refractivity contribution is 6.03. The average molecular weight is 2040 g/mol. The third-order valence-corrected chi connectivity index (χ3v) is 25.1. The highest BCUT2D eigenvalue weighted by Gasteiger charge is 2.32. The van der Waals surface area contributed by atoms with Crippen LogP contribution in [-0.2, 0) is 9.47 Å². The summed E-state index contributed by atoms with van der Waals surface area (Å²) in [4.78, 5) is 127. The minimum Gasteiger partial charge on any atom is -0.480 e. The van der Waals surface area contributed by atoms with Crippen molar-refractivity contribution in [2.45, 2.75) is 185 Å². The summed E-state index contributed by atoms with van der Waals surface area (Å²) in [7, 11) is 1.48. The van der Waals surface area contributed by atoms with Gasteiger partial charge in [-0.3, -0.25) is 33.8 Å². The van der Waals surface area contributed by atoms with Crippen molar-refractivity contribution in [3.8, 4) is 34.3 Å². The van der Waals surface area contributed by atoms with Gasteiger partial charge in [-0.15, -0.1) is 0 Å². The quantitative estimate of drug-likeness (QED) is 0.0142. The minimum atomic E-state index is -0.503. The number of benzene rings is 5. The molecule has 12 heterocycles. The lowest BCUT2D eigenvalue weighted by Crippen LogP contribution is -2.47. The number of carbonyl (C=O) groups is 5. The standard InChI is InChI=1S/C21H23N9O.C21H26N8O2.C20H24N8O2.2C19H22N8O2/c1-13(31)15-12-24-21(28-17-6-4-3-5-16(17)22)29-20(15)27-14-7-8-18(23-2)19(11-14)30-25-9-10-26-30;1-13(30)18-19(25-14-6-5-7-15(12-14)29-23-10-11-24-29)27-21(28-20(18)31-2)26-17-9-4-3-8-16(17)22;1-12(29)17-18(24-13-5-4-6-14(11-13)28-22-9-10-23-28)26-20(27-19(17)30)25-16-8-3-2-7-15(16)21;1-12(28)15-10-21-19(25-17-5-8-29-11-16(17)20)26-18(15)24-13-3-2-4-14(9-13)27-22-6-7-23-27;1-12(28)15-10-21-19(25-17-11-29-8-5-16(17)20)26-18(15)24-13-3-2-4-14(9-13)27-22-6-7-23-27/h7-12,16-17H,3-6,22H2,1H3,(H2,24,27,28,29);5-7,10-12,16-17H,3-4,8-9,22H2,1-2H3,(H2,25,26,27,28);4-6,9-11,15-16H,2-3,7-8,21H2,1H3,(H3,24,25,26,27,30);2*2-4,6-7,9-10,16-17H,5,8,11,20H2,1H3,(H2,21,24,25,26)/t2*16-,17+;15-,16+;2*16-,17+/m00000/s1. The summed E-state index contributed by atoms with van der Waals surface area (Å²) < 4.78 is 16.3. The summed E-state index contributed by atoms with van der Waals surface area (Å²) in [5, 5.41) is 73.5. The maximum Gasteiger partial charge on any atom is 0.265 e. The van der Waals surface area contributed by atoms with Crippen LogP contribution in [0.3, 0.4) is 0 Å². The van der Waals surface area contributed by atoms with Gasteiger partial charge in [0.25, 0.3) is 5.56 Å². The second-order valence-corrected chi connectivity index (χ2v) is 36.0. The van der Waals surface area contributed by atoms with E-state index in [1.165, 1.54) is 84.3 Å². The predicted octanol–water partition coefficient (Wildman–Crippen LogP) is 11.0. The number of carbonyl (C=O) groups excluding carboxylic acids is 5. The van der Waals surface area contributed by atoms with Crippen LogP contribution < -0.4 is 92.1 Å². The summed E-state index contributed by atoms with van der Waals surface area (Å²) in [5.74, 6) is 2.82. The SMILES string of the molecule is CC(=O)c1c(Nc2cccc(-n3nccn3)c2)nc(N[C@@H]2CCCC[C@@H]2N)[nH]c1=O.CC(=O)c1cnc(N[C@@H]2CCOC[C@@H]2N)nc1Nc1cccc(-n2nccn2)c1.CC(=O)c1cnc(N[C@@H]2COCC[C@@H]2N)nc1Nc1cccc(-n2nccn2)c1.COc1nc(N[C@@H]2CCCC[C@@H]2N)nc(Nc2cccc(-n3nccn3)c2)c1C(C)=O.[C-]#[N+]c1ccc(Nc2nc(N[C@@H]3CCCC[C@@H]3N)ncc2C(C)=O)cc1-n1nccn1. The first kappa shape index (κ1) is 105. The van der Waals surface area contributed by atoms with E-state index in [1.54, 1.807) is 86.2 Å². The van der Waals surface area contributed by atoms with Gasteiger partial charge in [-0.05, 0) is 171 Å². The first-order valence-electron chi connectivity index (χ1n) is 48.9. The number of hydrogen-bond donors (Lipinski definition) is 16. The van der Waals surface area contributed by atoms with Crippen LogP contribution in [0.15, 0.2) is 201 Å². The number of ether oxygens (including phenoxy) is 3. The van der Waals surface area contributed by atoms with Gasteiger partial charge in [0.05, 0.1) is 140 Å². The average Bonchev–Trinajstić information content (AvgIpc) is 0.800. The number of anilines is 15. The largest absolute Gasteiger partial charge is 0.480 e. The monoisotopic (exact) mass is 2040 g/mol. The molecule has 50 heteroatoms. The van der Waals surface area contributed by atoms with Crippen molar-refractivity contribution in [2.75, 3.05) is 86.7 Å². The highest BCUT2D eigenvalue weighted by atomic mass is 16.5. The number of hydrogen-bond acceptors (Lipinski definition) is 43. The summed E-state index contributed by atoms with van der Waals surface area (Å²) in [6.07, 6.45) is 34.3. The van der Waals surface area contributed by atoms with E-state index < -0.39 is 5.56 Å². The van der Waals surface area contributed by atoms with E-state index in [2.05, 4.69) is 159 Å². The molecule has 50 nitrogen and oxygen atoms in total. The molecule has 15 aromatic rings. The molecule has 776 valence electrons. The fraction of sp³-hybridized carbons (Fsp3) is 0.340. The molecule has 10 atom stereocenters. The van der Waals surface area contributed by atoms with Crippen LogP contribution in [0.25, 0.3) is 33.3 Å². The number of ketones is 5. The molecule has 2 aliphatic heterocycles. The Labute approximate surface area is 860 Å². The third kappa shape index (κ3) is 27.8. The lowest BCUT2D eigenvalue weighted by Gasteiger charge is -2.29. The van der Waals surface area contributed by atoms with E-state index in [0.717, 1.165) is 130 Å². The van der Waals surface area contributed by atoms with Gasteiger partial charge >= 0.3 is 0 Å². The Bertz CT molecular complexity index is 7050. The van der Waals surface area contributed by atoms with Gasteiger partial charge in [0.15, 0.2) is 40.6 Å². The van der Waals surface area contributed by atoms with Crippen LogP contribution in [0.4, 0.5) is 93.0 Å². The Morgan fingerprint density at radius 3 is 1.09 bits per heavy atom. The van der Waals surface area contributed by atoms with Crippen LogP contribution >= 0.6 is 0 Å². The molecule has 0 bridgehead atoms. The number of methoxy groups -OCH3 is 1. The molecule has 3 saturated carbocycles. The second kappa shape index (κ2) is 50.4. The number of Topliss-reactive ketones (excluding diaryl/α,β-unsaturated/α-hetero) is 5. The molecular weight excluding hydrogens is 1920 g/mol. The molecule has 5 aromatic carbocycles. The van der Waals surface area contributed by atoms with Crippen LogP contribution in [0, 0.1) is 6.57 Å². The van der Waals surface area contributed by atoms with Crippen molar-refractivity contribution in [2.24, 2.45) is 28.7 Å². The molecule has 0 unspecified atom stereocenters. The predicted molar refractivity (Wildman–Crippen MR) is 562 cm³/mol. The normalized spacial score (nSPS) is 18.7. The fourth-order valence-corrected chi connectivity index (χ4v) is 17.2. The zero-order valence-corrected chi connectivity index (χ0v) is 83.2. The molecule has 21 N–H and O–H groups in total. The Balaban J connectivity index is 0.000000133. The molecule has 3 aliphatic carbocycles. The Hall–Kier alpha value is -17.6. The summed E-state index contributed by atoms with van der Waals surface area (Å²) >= 11 is 0. The van der Waals surface area contributed by atoms with E-state index in [9.17, 15) is 28.8 Å². The maximum absolute atomic E-state index is 12.6. The molecular formula is C100H117N41O9. The number of H-pyrrole nitrogens is 1. The Morgan fingerprint density at radius 1 is 0.367 bits per heavy atom. The zero-order valence-electron chi connectivity index (χ0n) is 83.2. The molecule has 0 spiro atoms. The van der Waals surface area contributed by atoms with Crippen molar-refractivity contribution in [3.05, 3.63) is 245 Å². The van der Waals surface area contributed by atoms with Gasteiger partial charge in [-0.1, -0.05) is 68.9 Å². The van der Waals surface area contributed by atoms with Crippen LogP contribution in [-0.4, -0.2) is 248 Å². The van der Waals surface area contributed by atoms with E-state index >= 15 is 0 Å². The Morgan fingerprint density at radius 2 is 0.707 bits per heavy atom. The van der Waals surface area contributed by atoms with Crippen molar-refractivity contribution >= 4 is 122 Å². The zero-order chi connectivity index (χ0) is 105. The number of nitrogens with two attached hydrogens (primary N) is 5. The van der Waals surface area contributed by atoms with Crippen LogP contribution in [0.2, 0.25) is 0 Å². The number of aromatic nitrogens is 25. The van der Waals surface area contributed by atoms with E-state index in [-0.39, 0.29) is 112 Å². The van der Waals surface area contributed by atoms with Gasteiger partial charge in [-0.2, -0.15) is 105 Å². The number of rotatable bonds is 31. The molecule has 20 rings (SSSR count). The Kier molecular flexibility index (Phi) is 35.4. The van der Waals surface area contributed by atoms with Gasteiger partial charge < -0.3 is 96.0 Å². The lowest BCUT2D eigenvalue weighted by atomic mass is 9.91. The van der Waals surface area contributed by atoms with E-state index in [1.807, 2.05) is 91.0 Å². The molecule has 5 fully saturated rings. The first-order chi connectivity index (χ1) is 72.8. The summed E-state index contributed by atoms with van der Waals surface area (Å²) in [6, 6.07) is 34.9. The lowest BCUT2D eigenvalue weighted by molar-refractivity contribution is 0.0751. The van der Waals surface area contributed by atoms with Crippen molar-refractivity contribution in [1.29, 1.82) is 0 Å². The van der Waals surface area contributed by atoms with Crippen molar-refractivity contribution in [1.82, 2.24) is 125 Å². The van der Waals surface area contributed by atoms with Crippen molar-refractivity contribution in [3.63, 3.8) is 0 Å². The second-order valence-electron chi connectivity index (χ2n) is 36.0. The maximum atomic E-state index is 12.6. The topological polar surface area (TPSA) is 670 Å². The van der Waals surface area contributed by atoms with Gasteiger partial charge in [0.1, 0.15) is 28.6 Å². The van der Waals surface area contributed by atoms with Gasteiger partial charge in [0, 0.05) is 115 Å². The summed E-state index contributed by atoms with van der Waals surface area (Å²) in [5.41, 5.74) is 39.3. The molecule has 10 aromatic heterocycles. The number of nitrogens with one attached hydrogen (secondary N) is 11. The highest BCUT2D eigenvalue weighted by Crippen LogP contribution is 2.35. The first-order valence-corrected chi connectivity index (χ1v) is 48.9. The van der Waals surface area contributed by atoms with Gasteiger partial charge in [0.2, 0.25) is 41.3 Å². The molecule has 150 heavy (non-hydrogen) atoms. The molecule has 5 aliphatic rings. The molecule has 0 amide bonds. The van der Waals surface area contributed by atoms with Crippen LogP contribution in [0.5, 0.6) is 5.88 Å². The minimum absolute atomic E-state index is 0.00815.